The summed E-state index contributed by atoms with van der Waals surface area (Å²) in [5.74, 6) is 1.96. The highest BCUT2D eigenvalue weighted by molar-refractivity contribution is 5.92. The fraction of sp³-hybridized carbons (Fsp3) is 0.688. The van der Waals surface area contributed by atoms with Crippen molar-refractivity contribution in [1.29, 1.82) is 0 Å². The van der Waals surface area contributed by atoms with E-state index in [4.69, 9.17) is 0 Å². The number of hydrogen-bond acceptors (Lipinski definition) is 4. The number of hydrogen-bond donors (Lipinski definition) is 2. The molecule has 116 valence electrons. The molecule has 1 aromatic heterocycles. The molecule has 1 heterocycles. The van der Waals surface area contributed by atoms with Crippen molar-refractivity contribution in [3.63, 3.8) is 0 Å². The molecule has 1 aromatic rings. The molecule has 1 saturated carbocycles. The first-order valence-corrected chi connectivity index (χ1v) is 7.97. The van der Waals surface area contributed by atoms with Crippen LogP contribution < -0.4 is 10.6 Å². The second-order valence-corrected chi connectivity index (χ2v) is 6.15. The number of rotatable bonds is 5. The molecule has 0 radical (unpaired) electrons. The molecule has 5 heteroatoms. The summed E-state index contributed by atoms with van der Waals surface area (Å²) in [6.07, 6.45) is 7.47. The predicted octanol–water partition coefficient (Wildman–Crippen LogP) is 2.85. The first-order chi connectivity index (χ1) is 10.1. The molecular formula is C16H26N4O. The molecule has 0 spiro atoms. The maximum absolute atomic E-state index is 12.3. The van der Waals surface area contributed by atoms with Gasteiger partial charge >= 0.3 is 0 Å². The zero-order valence-corrected chi connectivity index (χ0v) is 13.2. The minimum atomic E-state index is -0.116. The minimum Gasteiger partial charge on any atom is -0.369 e. The number of carbonyl (C=O) groups excluding carboxylic acids is 1. The summed E-state index contributed by atoms with van der Waals surface area (Å²) in [5.41, 5.74) is 0.391. The van der Waals surface area contributed by atoms with Gasteiger partial charge in [-0.1, -0.05) is 20.8 Å². The Morgan fingerprint density at radius 1 is 1.29 bits per heavy atom. The van der Waals surface area contributed by atoms with Gasteiger partial charge in [0.1, 0.15) is 11.5 Å². The molecule has 1 aliphatic carbocycles. The zero-order chi connectivity index (χ0) is 15.2. The van der Waals surface area contributed by atoms with Gasteiger partial charge in [-0.15, -0.1) is 0 Å². The number of nitrogens with zero attached hydrogens (tertiary/aromatic N) is 2. The van der Waals surface area contributed by atoms with Gasteiger partial charge in [0.05, 0.1) is 12.4 Å². The number of amides is 1. The van der Waals surface area contributed by atoms with Crippen molar-refractivity contribution in [2.75, 3.05) is 11.9 Å². The van der Waals surface area contributed by atoms with Gasteiger partial charge in [0.15, 0.2) is 0 Å². The number of anilines is 1. The van der Waals surface area contributed by atoms with E-state index in [1.54, 1.807) is 6.20 Å². The van der Waals surface area contributed by atoms with Gasteiger partial charge in [0.2, 0.25) is 0 Å². The lowest BCUT2D eigenvalue weighted by Gasteiger charge is -2.32. The highest BCUT2D eigenvalue weighted by Gasteiger charge is 2.26. The molecule has 21 heavy (non-hydrogen) atoms. The molecule has 1 aliphatic rings. The van der Waals surface area contributed by atoms with Gasteiger partial charge in [-0.2, -0.15) is 0 Å². The Kier molecular flexibility index (Phi) is 5.53. The van der Waals surface area contributed by atoms with Crippen LogP contribution in [-0.4, -0.2) is 28.5 Å². The lowest BCUT2D eigenvalue weighted by molar-refractivity contribution is 0.0905. The number of carbonyl (C=O) groups is 1. The highest BCUT2D eigenvalue weighted by Crippen LogP contribution is 2.29. The standard InChI is InChI=1S/C16H26N4O/c1-4-7-18-15-10-17-9-14(20-15)16(21)19-13-6-5-11(2)12(3)8-13/h9-13H,4-8H2,1-3H3,(H,18,20)(H,19,21). The second-order valence-electron chi connectivity index (χ2n) is 6.15. The van der Waals surface area contributed by atoms with Crippen molar-refractivity contribution in [1.82, 2.24) is 15.3 Å². The molecule has 2 N–H and O–H groups in total. The molecule has 0 saturated heterocycles. The van der Waals surface area contributed by atoms with E-state index in [0.29, 0.717) is 17.4 Å². The van der Waals surface area contributed by atoms with Crippen LogP contribution in [0.15, 0.2) is 12.4 Å². The third kappa shape index (κ3) is 4.41. The molecule has 2 rings (SSSR count). The molecule has 3 atom stereocenters. The van der Waals surface area contributed by atoms with Crippen molar-refractivity contribution in [2.45, 2.75) is 52.5 Å². The molecule has 0 aromatic carbocycles. The van der Waals surface area contributed by atoms with E-state index in [-0.39, 0.29) is 11.9 Å². The average Bonchev–Trinajstić information content (AvgIpc) is 2.49. The molecule has 5 nitrogen and oxygen atoms in total. The summed E-state index contributed by atoms with van der Waals surface area (Å²) in [6.45, 7) is 7.47. The van der Waals surface area contributed by atoms with E-state index in [0.717, 1.165) is 31.7 Å². The van der Waals surface area contributed by atoms with Gasteiger partial charge in [-0.25, -0.2) is 4.98 Å². The van der Waals surface area contributed by atoms with Crippen molar-refractivity contribution in [3.8, 4) is 0 Å². The maximum atomic E-state index is 12.3. The Labute approximate surface area is 127 Å². The minimum absolute atomic E-state index is 0.116. The Morgan fingerprint density at radius 2 is 2.10 bits per heavy atom. The van der Waals surface area contributed by atoms with Crippen LogP contribution in [0.2, 0.25) is 0 Å². The van der Waals surface area contributed by atoms with Crippen LogP contribution in [0.25, 0.3) is 0 Å². The van der Waals surface area contributed by atoms with Crippen LogP contribution in [0.4, 0.5) is 5.82 Å². The van der Waals surface area contributed by atoms with Crippen molar-refractivity contribution in [2.24, 2.45) is 11.8 Å². The molecule has 0 bridgehead atoms. The summed E-state index contributed by atoms with van der Waals surface area (Å²) < 4.78 is 0. The molecule has 1 fully saturated rings. The fourth-order valence-corrected chi connectivity index (χ4v) is 2.75. The van der Waals surface area contributed by atoms with Crippen LogP contribution in [0, 0.1) is 11.8 Å². The highest BCUT2D eigenvalue weighted by atomic mass is 16.1. The fourth-order valence-electron chi connectivity index (χ4n) is 2.75. The van der Waals surface area contributed by atoms with E-state index in [9.17, 15) is 4.79 Å². The first-order valence-electron chi connectivity index (χ1n) is 7.97. The van der Waals surface area contributed by atoms with Gasteiger partial charge in [-0.05, 0) is 37.5 Å². The van der Waals surface area contributed by atoms with Crippen LogP contribution in [-0.2, 0) is 0 Å². The largest absolute Gasteiger partial charge is 0.369 e. The first kappa shape index (κ1) is 15.7. The molecule has 1 amide bonds. The monoisotopic (exact) mass is 290 g/mol. The average molecular weight is 290 g/mol. The molecule has 0 aliphatic heterocycles. The summed E-state index contributed by atoms with van der Waals surface area (Å²) in [5, 5.41) is 6.25. The zero-order valence-electron chi connectivity index (χ0n) is 13.2. The number of aromatic nitrogens is 2. The Balaban J connectivity index is 1.94. The Hall–Kier alpha value is -1.65. The summed E-state index contributed by atoms with van der Waals surface area (Å²) in [7, 11) is 0. The third-order valence-corrected chi connectivity index (χ3v) is 4.36. The van der Waals surface area contributed by atoms with Crippen LogP contribution in [0.3, 0.4) is 0 Å². The van der Waals surface area contributed by atoms with Crippen LogP contribution in [0.5, 0.6) is 0 Å². The van der Waals surface area contributed by atoms with E-state index in [1.165, 1.54) is 12.6 Å². The van der Waals surface area contributed by atoms with Gasteiger partial charge in [0.25, 0.3) is 5.91 Å². The van der Waals surface area contributed by atoms with E-state index in [2.05, 4.69) is 41.4 Å². The predicted molar refractivity (Wildman–Crippen MR) is 84.2 cm³/mol. The smallest absolute Gasteiger partial charge is 0.271 e. The quantitative estimate of drug-likeness (QED) is 0.875. The molecular weight excluding hydrogens is 264 g/mol. The maximum Gasteiger partial charge on any atom is 0.271 e. The Bertz CT molecular complexity index is 477. The summed E-state index contributed by atoms with van der Waals surface area (Å²) >= 11 is 0. The van der Waals surface area contributed by atoms with Gasteiger partial charge < -0.3 is 10.6 Å². The van der Waals surface area contributed by atoms with Crippen molar-refractivity contribution < 1.29 is 4.79 Å². The van der Waals surface area contributed by atoms with Crippen LogP contribution >= 0.6 is 0 Å². The second kappa shape index (κ2) is 7.38. The molecule has 3 unspecified atom stereocenters. The van der Waals surface area contributed by atoms with E-state index in [1.807, 2.05) is 0 Å². The van der Waals surface area contributed by atoms with Gasteiger partial charge in [0, 0.05) is 12.6 Å². The van der Waals surface area contributed by atoms with E-state index < -0.39 is 0 Å². The van der Waals surface area contributed by atoms with E-state index >= 15 is 0 Å². The van der Waals surface area contributed by atoms with Crippen molar-refractivity contribution in [3.05, 3.63) is 18.1 Å². The normalized spacial score (nSPS) is 25.4. The number of nitrogens with one attached hydrogen (secondary N) is 2. The summed E-state index contributed by atoms with van der Waals surface area (Å²) in [6, 6.07) is 0.262. The van der Waals surface area contributed by atoms with Gasteiger partial charge in [-0.3, -0.25) is 9.78 Å². The van der Waals surface area contributed by atoms with Crippen molar-refractivity contribution >= 4 is 11.7 Å². The van der Waals surface area contributed by atoms with Crippen LogP contribution in [0.1, 0.15) is 56.9 Å². The SMILES string of the molecule is CCCNc1cncc(C(=O)NC2CCC(C)C(C)C2)n1. The summed E-state index contributed by atoms with van der Waals surface area (Å²) in [4.78, 5) is 20.7. The lowest BCUT2D eigenvalue weighted by atomic mass is 9.79. The topological polar surface area (TPSA) is 66.9 Å². The third-order valence-electron chi connectivity index (χ3n) is 4.36. The lowest BCUT2D eigenvalue weighted by Crippen LogP contribution is -2.40. The Morgan fingerprint density at radius 3 is 2.81 bits per heavy atom.